The number of amides is 2. The Morgan fingerprint density at radius 1 is 1.41 bits per heavy atom. The summed E-state index contributed by atoms with van der Waals surface area (Å²) >= 11 is 1.27. The van der Waals surface area contributed by atoms with Gasteiger partial charge in [0.1, 0.15) is 11.3 Å². The molecule has 116 valence electrons. The van der Waals surface area contributed by atoms with Gasteiger partial charge in [-0.25, -0.2) is 9.78 Å². The van der Waals surface area contributed by atoms with Crippen LogP contribution in [0, 0.1) is 0 Å². The van der Waals surface area contributed by atoms with E-state index in [0.717, 1.165) is 24.5 Å². The van der Waals surface area contributed by atoms with E-state index in [1.54, 1.807) is 11.7 Å². The lowest BCUT2D eigenvalue weighted by atomic mass is 10.2. The van der Waals surface area contributed by atoms with Crippen LogP contribution < -0.4 is 15.5 Å². The van der Waals surface area contributed by atoms with Crippen LogP contribution >= 0.6 is 11.3 Å². The standard InChI is InChI=1S/C13H16N6O2S/c20-12(17-13-18-16-9-22-13)15-8-10-1-2-14-11(7-10)19-3-5-21-6-4-19/h1-2,7,9H,3-6,8H2,(H2,15,17,18,20). The van der Waals surface area contributed by atoms with Crippen molar-refractivity contribution in [1.82, 2.24) is 20.5 Å². The summed E-state index contributed by atoms with van der Waals surface area (Å²) in [5, 5.41) is 13.3. The molecule has 2 aromatic rings. The third kappa shape index (κ3) is 3.89. The van der Waals surface area contributed by atoms with Crippen LogP contribution in [0.2, 0.25) is 0 Å². The van der Waals surface area contributed by atoms with Gasteiger partial charge in [-0.3, -0.25) is 5.32 Å². The topological polar surface area (TPSA) is 92.3 Å². The highest BCUT2D eigenvalue weighted by molar-refractivity contribution is 7.13. The maximum Gasteiger partial charge on any atom is 0.321 e. The highest BCUT2D eigenvalue weighted by atomic mass is 32.1. The van der Waals surface area contributed by atoms with E-state index in [-0.39, 0.29) is 6.03 Å². The highest BCUT2D eigenvalue weighted by Gasteiger charge is 2.12. The van der Waals surface area contributed by atoms with Crippen molar-refractivity contribution in [3.05, 3.63) is 29.4 Å². The second-order valence-corrected chi connectivity index (χ2v) is 5.51. The van der Waals surface area contributed by atoms with Crippen molar-refractivity contribution in [3.63, 3.8) is 0 Å². The van der Waals surface area contributed by atoms with E-state index >= 15 is 0 Å². The van der Waals surface area contributed by atoms with Crippen molar-refractivity contribution in [2.45, 2.75) is 6.54 Å². The number of rotatable bonds is 4. The summed E-state index contributed by atoms with van der Waals surface area (Å²) in [5.74, 6) is 0.909. The Balaban J connectivity index is 1.54. The summed E-state index contributed by atoms with van der Waals surface area (Å²) in [6.07, 6.45) is 1.75. The van der Waals surface area contributed by atoms with Gasteiger partial charge < -0.3 is 15.0 Å². The molecule has 22 heavy (non-hydrogen) atoms. The molecular weight excluding hydrogens is 304 g/mol. The summed E-state index contributed by atoms with van der Waals surface area (Å²) in [6.45, 7) is 3.52. The lowest BCUT2D eigenvalue weighted by molar-refractivity contribution is 0.122. The molecule has 3 rings (SSSR count). The average Bonchev–Trinajstić information content (AvgIpc) is 3.07. The van der Waals surface area contributed by atoms with E-state index in [1.807, 2.05) is 12.1 Å². The number of hydrogen-bond donors (Lipinski definition) is 2. The molecule has 9 heteroatoms. The molecule has 0 unspecified atom stereocenters. The molecule has 0 saturated carbocycles. The molecule has 0 atom stereocenters. The lowest BCUT2D eigenvalue weighted by Gasteiger charge is -2.28. The lowest BCUT2D eigenvalue weighted by Crippen LogP contribution is -2.36. The SMILES string of the molecule is O=C(NCc1ccnc(N2CCOCC2)c1)Nc1nncs1. The van der Waals surface area contributed by atoms with E-state index in [4.69, 9.17) is 4.74 Å². The van der Waals surface area contributed by atoms with Gasteiger partial charge in [-0.1, -0.05) is 11.3 Å². The molecule has 1 fully saturated rings. The molecule has 2 amide bonds. The minimum absolute atomic E-state index is 0.304. The Kier molecular flexibility index (Phi) is 4.76. The molecule has 0 aliphatic carbocycles. The Bertz CT molecular complexity index is 615. The molecule has 2 N–H and O–H groups in total. The first-order chi connectivity index (χ1) is 10.8. The Labute approximate surface area is 131 Å². The number of carbonyl (C=O) groups excluding carboxylic acids is 1. The van der Waals surface area contributed by atoms with Gasteiger partial charge in [0.2, 0.25) is 5.13 Å². The zero-order valence-electron chi connectivity index (χ0n) is 11.9. The van der Waals surface area contributed by atoms with E-state index in [1.165, 1.54) is 11.3 Å². The summed E-state index contributed by atoms with van der Waals surface area (Å²) < 4.78 is 5.34. The number of hydrogen-bond acceptors (Lipinski definition) is 7. The van der Waals surface area contributed by atoms with Crippen molar-refractivity contribution in [1.29, 1.82) is 0 Å². The monoisotopic (exact) mass is 320 g/mol. The van der Waals surface area contributed by atoms with Crippen LogP contribution in [0.4, 0.5) is 15.7 Å². The second-order valence-electron chi connectivity index (χ2n) is 4.67. The number of nitrogens with one attached hydrogen (secondary N) is 2. The quantitative estimate of drug-likeness (QED) is 0.876. The Morgan fingerprint density at radius 3 is 3.05 bits per heavy atom. The van der Waals surface area contributed by atoms with E-state index < -0.39 is 0 Å². The van der Waals surface area contributed by atoms with Crippen molar-refractivity contribution < 1.29 is 9.53 Å². The summed E-state index contributed by atoms with van der Waals surface area (Å²) in [6, 6.07) is 3.56. The molecular formula is C13H16N6O2S. The highest BCUT2D eigenvalue weighted by Crippen LogP contribution is 2.14. The van der Waals surface area contributed by atoms with Crippen molar-refractivity contribution in [2.24, 2.45) is 0 Å². The maximum absolute atomic E-state index is 11.7. The van der Waals surface area contributed by atoms with Crippen molar-refractivity contribution in [2.75, 3.05) is 36.5 Å². The maximum atomic E-state index is 11.7. The molecule has 0 bridgehead atoms. The molecule has 0 spiro atoms. The summed E-state index contributed by atoms with van der Waals surface area (Å²) in [4.78, 5) is 18.3. The Hall–Kier alpha value is -2.26. The number of aromatic nitrogens is 3. The van der Waals surface area contributed by atoms with Gasteiger partial charge in [0.15, 0.2) is 0 Å². The van der Waals surface area contributed by atoms with Crippen LogP contribution in [0.5, 0.6) is 0 Å². The fourth-order valence-corrected chi connectivity index (χ4v) is 2.53. The second kappa shape index (κ2) is 7.14. The third-order valence-corrected chi connectivity index (χ3v) is 3.79. The van der Waals surface area contributed by atoms with Crippen molar-refractivity contribution in [3.8, 4) is 0 Å². The van der Waals surface area contributed by atoms with Gasteiger partial charge in [0.05, 0.1) is 13.2 Å². The van der Waals surface area contributed by atoms with Crippen LogP contribution in [-0.4, -0.2) is 47.5 Å². The zero-order valence-corrected chi connectivity index (χ0v) is 12.7. The average molecular weight is 320 g/mol. The number of carbonyl (C=O) groups is 1. The normalized spacial score (nSPS) is 14.6. The molecule has 0 aromatic carbocycles. The van der Waals surface area contributed by atoms with Gasteiger partial charge in [0.25, 0.3) is 0 Å². The molecule has 8 nitrogen and oxygen atoms in total. The first-order valence-corrected chi connectivity index (χ1v) is 7.78. The number of ether oxygens (including phenoxy) is 1. The van der Waals surface area contributed by atoms with Crippen LogP contribution in [0.1, 0.15) is 5.56 Å². The van der Waals surface area contributed by atoms with Crippen LogP contribution in [0.3, 0.4) is 0 Å². The smallest absolute Gasteiger partial charge is 0.321 e. The fraction of sp³-hybridized carbons (Fsp3) is 0.385. The number of pyridine rings is 1. The summed E-state index contributed by atoms with van der Waals surface area (Å²) in [7, 11) is 0. The summed E-state index contributed by atoms with van der Waals surface area (Å²) in [5.41, 5.74) is 2.55. The van der Waals surface area contributed by atoms with E-state index in [0.29, 0.717) is 24.9 Å². The van der Waals surface area contributed by atoms with Gasteiger partial charge in [0, 0.05) is 25.8 Å². The molecule has 1 saturated heterocycles. The number of morpholine rings is 1. The largest absolute Gasteiger partial charge is 0.378 e. The van der Waals surface area contributed by atoms with E-state index in [2.05, 4.69) is 30.7 Å². The van der Waals surface area contributed by atoms with Crippen molar-refractivity contribution >= 4 is 28.3 Å². The third-order valence-electron chi connectivity index (χ3n) is 3.18. The Morgan fingerprint density at radius 2 is 2.27 bits per heavy atom. The van der Waals surface area contributed by atoms with Crippen LogP contribution in [0.25, 0.3) is 0 Å². The zero-order chi connectivity index (χ0) is 15.2. The van der Waals surface area contributed by atoms with E-state index in [9.17, 15) is 4.79 Å². The molecule has 0 radical (unpaired) electrons. The molecule has 1 aliphatic heterocycles. The van der Waals surface area contributed by atoms with Gasteiger partial charge in [-0.05, 0) is 17.7 Å². The van der Waals surface area contributed by atoms with Crippen LogP contribution in [0.15, 0.2) is 23.8 Å². The minimum atomic E-state index is -0.304. The first-order valence-electron chi connectivity index (χ1n) is 6.90. The minimum Gasteiger partial charge on any atom is -0.378 e. The van der Waals surface area contributed by atoms with Gasteiger partial charge in [-0.2, -0.15) is 0 Å². The molecule has 1 aliphatic rings. The number of anilines is 2. The predicted octanol–water partition coefficient (Wildman–Crippen LogP) is 1.09. The molecule has 2 aromatic heterocycles. The number of urea groups is 1. The van der Waals surface area contributed by atoms with Gasteiger partial charge in [-0.15, -0.1) is 10.2 Å². The molecule has 3 heterocycles. The predicted molar refractivity (Wildman–Crippen MR) is 83.0 cm³/mol. The van der Waals surface area contributed by atoms with Crippen LogP contribution in [-0.2, 0) is 11.3 Å². The fourth-order valence-electron chi connectivity index (χ4n) is 2.09. The van der Waals surface area contributed by atoms with Gasteiger partial charge >= 0.3 is 6.03 Å². The first kappa shape index (κ1) is 14.7. The number of nitrogens with zero attached hydrogens (tertiary/aromatic N) is 4.